The van der Waals surface area contributed by atoms with E-state index in [-0.39, 0.29) is 53.7 Å². The van der Waals surface area contributed by atoms with Crippen molar-refractivity contribution in [1.29, 1.82) is 0 Å². The summed E-state index contributed by atoms with van der Waals surface area (Å²) in [5.41, 5.74) is -0.812. The van der Waals surface area contributed by atoms with Gasteiger partial charge in [0.15, 0.2) is 23.5 Å². The molecule has 1 N–H and O–H groups in total. The lowest BCUT2D eigenvalue weighted by atomic mass is 9.46. The summed E-state index contributed by atoms with van der Waals surface area (Å²) in [7, 11) is 0. The summed E-state index contributed by atoms with van der Waals surface area (Å²) in [6.45, 7) is 9.11. The van der Waals surface area contributed by atoms with Gasteiger partial charge in [0.25, 0.3) is 0 Å². The summed E-state index contributed by atoms with van der Waals surface area (Å²) in [4.78, 5) is 26.4. The van der Waals surface area contributed by atoms with Gasteiger partial charge in [-0.15, -0.1) is 0 Å². The van der Waals surface area contributed by atoms with E-state index in [1.165, 1.54) is 19.3 Å². The maximum Gasteiger partial charge on any atom is 0.193 e. The molecular weight excluding hydrogens is 480 g/mol. The summed E-state index contributed by atoms with van der Waals surface area (Å²) in [5.74, 6) is 1.15. The van der Waals surface area contributed by atoms with E-state index in [0.29, 0.717) is 24.9 Å². The second-order valence-electron chi connectivity index (χ2n) is 14.0. The molecule has 0 spiro atoms. The van der Waals surface area contributed by atoms with Gasteiger partial charge in [0, 0.05) is 29.3 Å². The zero-order valence-corrected chi connectivity index (χ0v) is 23.6. The fraction of sp³-hybridized carbons (Fsp3) is 0.812. The fourth-order valence-corrected chi connectivity index (χ4v) is 9.71. The van der Waals surface area contributed by atoms with Crippen molar-refractivity contribution in [3.05, 3.63) is 23.8 Å². The van der Waals surface area contributed by atoms with Crippen LogP contribution in [-0.4, -0.2) is 54.0 Å². The van der Waals surface area contributed by atoms with Crippen molar-refractivity contribution in [1.82, 2.24) is 0 Å². The highest BCUT2D eigenvalue weighted by molar-refractivity contribution is 6.01. The summed E-state index contributed by atoms with van der Waals surface area (Å²) in [5, 5.41) is 11.9. The maximum atomic E-state index is 14.2. The molecule has 1 aliphatic heterocycles. The van der Waals surface area contributed by atoms with Gasteiger partial charge in [0.05, 0.1) is 12.2 Å². The lowest BCUT2D eigenvalue weighted by molar-refractivity contribution is -0.210. The van der Waals surface area contributed by atoms with E-state index in [4.69, 9.17) is 14.2 Å². The maximum absolute atomic E-state index is 14.2. The van der Waals surface area contributed by atoms with E-state index in [1.807, 2.05) is 6.08 Å². The van der Waals surface area contributed by atoms with Gasteiger partial charge < -0.3 is 19.3 Å². The first-order valence-corrected chi connectivity index (χ1v) is 15.2. The number of hydrogen-bond acceptors (Lipinski definition) is 6. The average Bonchev–Trinajstić information content (AvgIpc) is 3.38. The normalized spacial score (nSPS) is 46.4. The minimum atomic E-state index is -1.09. The summed E-state index contributed by atoms with van der Waals surface area (Å²) in [6, 6.07) is 0. The summed E-state index contributed by atoms with van der Waals surface area (Å²) in [6.07, 6.45) is 13.1. The lowest BCUT2D eigenvalue weighted by Crippen LogP contribution is -2.63. The quantitative estimate of drug-likeness (QED) is 0.514. The Morgan fingerprint density at radius 2 is 1.95 bits per heavy atom. The van der Waals surface area contributed by atoms with E-state index < -0.39 is 17.1 Å². The number of ether oxygens (including phenoxy) is 3. The second-order valence-corrected chi connectivity index (χ2v) is 14.0. The third-order valence-electron chi connectivity index (χ3n) is 11.4. The molecule has 9 atom stereocenters. The molecule has 6 heteroatoms. The number of fused-ring (bicyclic) bond motifs is 7. The molecule has 0 radical (unpaired) electrons. The van der Waals surface area contributed by atoms with Crippen LogP contribution in [0.1, 0.15) is 85.5 Å². The number of aliphatic hydroxyl groups excluding tert-OH is 1. The second kappa shape index (κ2) is 9.64. The van der Waals surface area contributed by atoms with Crippen molar-refractivity contribution in [2.75, 3.05) is 13.2 Å². The fourth-order valence-electron chi connectivity index (χ4n) is 9.71. The molecule has 1 saturated heterocycles. The molecule has 6 aliphatic rings. The third kappa shape index (κ3) is 3.88. The van der Waals surface area contributed by atoms with Crippen LogP contribution in [-0.2, 0) is 23.8 Å². The van der Waals surface area contributed by atoms with Crippen LogP contribution in [0, 0.1) is 40.4 Å². The molecule has 6 nitrogen and oxygen atoms in total. The standard InChI is InChI=1S/C32H46O6/c1-19(2)17-36-18-26(35)32-27(37-29(38-32)20-8-6-5-7-9-20)15-24-23-11-10-21-14-22(33)12-13-30(21,3)28(23)25(34)16-31(24,32)4/h12-14,19-20,23-25,27-29,34H,5-11,15-18H2,1-4H3/t23?,24?,25?,27-,28?,29-,30+,31+,32-/m1/s1. The number of ketones is 2. The van der Waals surface area contributed by atoms with Crippen molar-refractivity contribution in [3.8, 4) is 0 Å². The van der Waals surface area contributed by atoms with Crippen LogP contribution in [0.2, 0.25) is 0 Å². The Morgan fingerprint density at radius 1 is 1.18 bits per heavy atom. The zero-order valence-electron chi connectivity index (χ0n) is 23.6. The van der Waals surface area contributed by atoms with Crippen molar-refractivity contribution >= 4 is 11.6 Å². The van der Waals surface area contributed by atoms with Crippen LogP contribution < -0.4 is 0 Å². The predicted molar refractivity (Wildman–Crippen MR) is 143 cm³/mol. The molecule has 210 valence electrons. The smallest absolute Gasteiger partial charge is 0.193 e. The number of allylic oxidation sites excluding steroid dienone is 4. The SMILES string of the molecule is CC(C)COCC(=O)[C@@]12O[C@H](C3CCCCC3)O[C@@H]1CC1C3CCC4=CC(=O)C=C[C@]4(C)C3C(O)C[C@@]12C. The van der Waals surface area contributed by atoms with Gasteiger partial charge >= 0.3 is 0 Å². The Hall–Kier alpha value is -1.34. The van der Waals surface area contributed by atoms with Gasteiger partial charge in [-0.1, -0.05) is 58.6 Å². The van der Waals surface area contributed by atoms with Crippen molar-refractivity contribution in [3.63, 3.8) is 0 Å². The first-order chi connectivity index (χ1) is 18.1. The molecule has 0 aromatic rings. The molecule has 0 bridgehead atoms. The van der Waals surface area contributed by atoms with E-state index in [1.54, 1.807) is 12.2 Å². The Balaban J connectivity index is 1.34. The van der Waals surface area contributed by atoms with E-state index in [9.17, 15) is 14.7 Å². The minimum Gasteiger partial charge on any atom is -0.393 e. The Bertz CT molecular complexity index is 1020. The molecular formula is C32H46O6. The first-order valence-electron chi connectivity index (χ1n) is 15.2. The lowest BCUT2D eigenvalue weighted by Gasteiger charge is -2.59. The van der Waals surface area contributed by atoms with Gasteiger partial charge in [-0.05, 0) is 68.4 Å². The molecule has 6 rings (SSSR count). The molecule has 0 aromatic heterocycles. The molecule has 0 aromatic carbocycles. The van der Waals surface area contributed by atoms with E-state index >= 15 is 0 Å². The summed E-state index contributed by atoms with van der Waals surface area (Å²) >= 11 is 0. The number of carbonyl (C=O) groups is 2. The van der Waals surface area contributed by atoms with Crippen LogP contribution in [0.4, 0.5) is 0 Å². The van der Waals surface area contributed by atoms with E-state index in [0.717, 1.165) is 37.7 Å². The topological polar surface area (TPSA) is 82.1 Å². The number of rotatable bonds is 6. The number of aliphatic hydroxyl groups is 1. The predicted octanol–water partition coefficient (Wildman–Crippen LogP) is 5.18. The summed E-state index contributed by atoms with van der Waals surface area (Å²) < 4.78 is 19.6. The monoisotopic (exact) mass is 526 g/mol. The number of Topliss-reactive ketones (excluding diaryl/α,β-unsaturated/α-hetero) is 1. The number of hydrogen-bond donors (Lipinski definition) is 1. The highest BCUT2D eigenvalue weighted by atomic mass is 16.7. The Labute approximate surface area is 227 Å². The minimum absolute atomic E-state index is 0.0112. The average molecular weight is 527 g/mol. The molecule has 4 unspecified atom stereocenters. The molecule has 4 saturated carbocycles. The van der Waals surface area contributed by atoms with Crippen molar-refractivity contribution in [2.45, 2.75) is 110 Å². The molecule has 38 heavy (non-hydrogen) atoms. The van der Waals surface area contributed by atoms with Gasteiger partial charge in [-0.25, -0.2) is 0 Å². The van der Waals surface area contributed by atoms with Crippen LogP contribution >= 0.6 is 0 Å². The van der Waals surface area contributed by atoms with Crippen LogP contribution in [0.15, 0.2) is 23.8 Å². The Kier molecular flexibility index (Phi) is 6.81. The highest BCUT2D eigenvalue weighted by Gasteiger charge is 2.76. The van der Waals surface area contributed by atoms with Gasteiger partial charge in [0.1, 0.15) is 6.61 Å². The van der Waals surface area contributed by atoms with E-state index in [2.05, 4.69) is 27.7 Å². The molecule has 1 heterocycles. The van der Waals surface area contributed by atoms with Gasteiger partial charge in [-0.3, -0.25) is 9.59 Å². The third-order valence-corrected chi connectivity index (χ3v) is 11.4. The van der Waals surface area contributed by atoms with Crippen LogP contribution in [0.5, 0.6) is 0 Å². The zero-order chi connectivity index (χ0) is 26.9. The van der Waals surface area contributed by atoms with Crippen molar-refractivity contribution in [2.24, 2.45) is 40.4 Å². The first kappa shape index (κ1) is 26.9. The molecule has 5 fully saturated rings. The Morgan fingerprint density at radius 3 is 2.68 bits per heavy atom. The molecule has 0 amide bonds. The molecule has 5 aliphatic carbocycles. The number of carbonyl (C=O) groups excluding carboxylic acids is 2. The highest BCUT2D eigenvalue weighted by Crippen LogP contribution is 2.70. The van der Waals surface area contributed by atoms with Crippen LogP contribution in [0.3, 0.4) is 0 Å². The van der Waals surface area contributed by atoms with Gasteiger partial charge in [-0.2, -0.15) is 0 Å². The van der Waals surface area contributed by atoms with Crippen LogP contribution in [0.25, 0.3) is 0 Å². The largest absolute Gasteiger partial charge is 0.393 e. The van der Waals surface area contributed by atoms with Crippen molar-refractivity contribution < 1.29 is 28.9 Å². The van der Waals surface area contributed by atoms with Gasteiger partial charge in [0.2, 0.25) is 0 Å².